The maximum Gasteiger partial charge on any atom is 0.335 e. The van der Waals surface area contributed by atoms with E-state index in [0.717, 1.165) is 4.90 Å². The molecule has 0 unspecified atom stereocenters. The van der Waals surface area contributed by atoms with Gasteiger partial charge in [-0.2, -0.15) is 0 Å². The number of imide groups is 2. The van der Waals surface area contributed by atoms with Crippen LogP contribution in [-0.2, 0) is 14.4 Å². The van der Waals surface area contributed by atoms with Gasteiger partial charge in [0.05, 0.1) is 22.5 Å². The molecule has 3 aromatic rings. The van der Waals surface area contributed by atoms with Crippen molar-refractivity contribution in [3.8, 4) is 17.2 Å². The Bertz CT molecular complexity index is 1510. The molecule has 1 saturated heterocycles. The lowest BCUT2D eigenvalue weighted by Gasteiger charge is -2.26. The van der Waals surface area contributed by atoms with Gasteiger partial charge in [0.1, 0.15) is 17.1 Å². The van der Waals surface area contributed by atoms with E-state index in [0.29, 0.717) is 27.2 Å². The summed E-state index contributed by atoms with van der Waals surface area (Å²) in [5.41, 5.74) is 0.848. The maximum atomic E-state index is 13.3. The zero-order valence-electron chi connectivity index (χ0n) is 22.0. The van der Waals surface area contributed by atoms with Gasteiger partial charge in [-0.25, -0.2) is 14.1 Å². The summed E-state index contributed by atoms with van der Waals surface area (Å²) in [4.78, 5) is 51.7. The minimum atomic E-state index is -0.867. The first-order valence-corrected chi connectivity index (χ1v) is 13.6. The summed E-state index contributed by atoms with van der Waals surface area (Å²) >= 11 is 1.99. The predicted octanol–water partition coefficient (Wildman–Crippen LogP) is 4.91. The van der Waals surface area contributed by atoms with Crippen LogP contribution in [0.4, 0.5) is 20.6 Å². The van der Waals surface area contributed by atoms with Crippen LogP contribution in [0.2, 0.25) is 0 Å². The summed E-state index contributed by atoms with van der Waals surface area (Å²) in [6, 6.07) is 14.0. The molecule has 12 heteroatoms. The minimum Gasteiger partial charge on any atom is -0.494 e. The highest BCUT2D eigenvalue weighted by molar-refractivity contribution is 14.1. The topological polar surface area (TPSA) is 123 Å². The monoisotopic (exact) mass is 673 g/mol. The number of hydrogen-bond donors (Lipinski definition) is 2. The third kappa shape index (κ3) is 7.20. The van der Waals surface area contributed by atoms with Gasteiger partial charge in [0.25, 0.3) is 17.7 Å². The second kappa shape index (κ2) is 13.3. The molecule has 10 nitrogen and oxygen atoms in total. The molecule has 0 radical (unpaired) electrons. The molecular formula is C29H25FIN3O7. The Morgan fingerprint density at radius 1 is 0.976 bits per heavy atom. The fourth-order valence-corrected chi connectivity index (χ4v) is 4.64. The van der Waals surface area contributed by atoms with Gasteiger partial charge in [-0.1, -0.05) is 0 Å². The molecule has 1 aliphatic heterocycles. The van der Waals surface area contributed by atoms with E-state index in [4.69, 9.17) is 14.2 Å². The molecule has 212 valence electrons. The molecule has 0 aromatic heterocycles. The molecule has 1 aliphatic rings. The summed E-state index contributed by atoms with van der Waals surface area (Å²) in [5.74, 6) is -1.39. The first kappa shape index (κ1) is 29.5. The van der Waals surface area contributed by atoms with Gasteiger partial charge in [-0.05, 0) is 109 Å². The number of barbiturate groups is 1. The number of hydrogen-bond acceptors (Lipinski definition) is 7. The number of anilines is 2. The highest BCUT2D eigenvalue weighted by Gasteiger charge is 2.37. The molecule has 0 saturated carbocycles. The van der Waals surface area contributed by atoms with E-state index >= 15 is 0 Å². The molecule has 2 N–H and O–H groups in total. The molecule has 4 rings (SSSR count). The number of urea groups is 1. The van der Waals surface area contributed by atoms with Crippen molar-refractivity contribution in [3.63, 3.8) is 0 Å². The summed E-state index contributed by atoms with van der Waals surface area (Å²) in [6.45, 7) is 3.98. The second-order valence-corrected chi connectivity index (χ2v) is 9.65. The minimum absolute atomic E-state index is 0.260. The van der Waals surface area contributed by atoms with Crippen LogP contribution in [0.5, 0.6) is 17.2 Å². The van der Waals surface area contributed by atoms with Crippen molar-refractivity contribution < 1.29 is 37.8 Å². The van der Waals surface area contributed by atoms with Crippen molar-refractivity contribution in [1.82, 2.24) is 5.32 Å². The predicted molar refractivity (Wildman–Crippen MR) is 157 cm³/mol. The van der Waals surface area contributed by atoms with E-state index in [1.54, 1.807) is 43.3 Å². The van der Waals surface area contributed by atoms with E-state index in [1.165, 1.54) is 30.3 Å². The fraction of sp³-hybridized carbons (Fsp3) is 0.172. The van der Waals surface area contributed by atoms with Gasteiger partial charge in [0, 0.05) is 5.69 Å². The number of ether oxygens (including phenoxy) is 3. The average Bonchev–Trinajstić information content (AvgIpc) is 2.93. The normalized spacial score (nSPS) is 14.1. The molecule has 1 heterocycles. The number of benzene rings is 3. The number of nitrogens with zero attached hydrogens (tertiary/aromatic N) is 1. The number of carbonyl (C=O) groups excluding carboxylic acids is 4. The van der Waals surface area contributed by atoms with Gasteiger partial charge >= 0.3 is 6.03 Å². The number of amides is 5. The first-order valence-electron chi connectivity index (χ1n) is 12.5. The highest BCUT2D eigenvalue weighted by Crippen LogP contribution is 2.35. The maximum absolute atomic E-state index is 13.3. The molecule has 41 heavy (non-hydrogen) atoms. The largest absolute Gasteiger partial charge is 0.494 e. The molecule has 0 spiro atoms. The third-order valence-electron chi connectivity index (χ3n) is 5.63. The van der Waals surface area contributed by atoms with Crippen LogP contribution in [-0.4, -0.2) is 43.6 Å². The van der Waals surface area contributed by atoms with Crippen molar-refractivity contribution in [2.24, 2.45) is 0 Å². The van der Waals surface area contributed by atoms with Gasteiger partial charge in [-0.15, -0.1) is 0 Å². The highest BCUT2D eigenvalue weighted by atomic mass is 127. The third-order valence-corrected chi connectivity index (χ3v) is 6.43. The Kier molecular flexibility index (Phi) is 9.55. The van der Waals surface area contributed by atoms with E-state index in [-0.39, 0.29) is 36.0 Å². The Morgan fingerprint density at radius 3 is 2.32 bits per heavy atom. The van der Waals surface area contributed by atoms with E-state index < -0.39 is 29.6 Å². The molecule has 0 atom stereocenters. The lowest BCUT2D eigenvalue weighted by molar-refractivity contribution is -0.122. The Hall–Kier alpha value is -4.46. The van der Waals surface area contributed by atoms with Crippen molar-refractivity contribution in [3.05, 3.63) is 81.2 Å². The summed E-state index contributed by atoms with van der Waals surface area (Å²) in [6.07, 6.45) is 1.35. The van der Waals surface area contributed by atoms with E-state index in [1.807, 2.05) is 29.5 Å². The van der Waals surface area contributed by atoms with Crippen molar-refractivity contribution in [1.29, 1.82) is 0 Å². The van der Waals surface area contributed by atoms with E-state index in [9.17, 15) is 23.6 Å². The Balaban J connectivity index is 1.56. The standard InChI is InChI=1S/C29H25FIN3O7/c1-3-39-21-11-9-20(10-12-21)34-28(37)22(27(36)33-29(34)38)13-17-14-23(31)26(24(15-17)40-4-2)41-16-25(35)32-19-7-5-18(30)6-8-19/h5-15H,3-4,16H2,1-2H3,(H,32,35)(H,33,36,38)/b22-13+. The first-order chi connectivity index (χ1) is 19.7. The second-order valence-electron chi connectivity index (χ2n) is 8.49. The van der Waals surface area contributed by atoms with Crippen LogP contribution >= 0.6 is 22.6 Å². The van der Waals surface area contributed by atoms with Crippen LogP contribution in [0.25, 0.3) is 6.08 Å². The lowest BCUT2D eigenvalue weighted by atomic mass is 10.1. The van der Waals surface area contributed by atoms with E-state index in [2.05, 4.69) is 10.6 Å². The summed E-state index contributed by atoms with van der Waals surface area (Å²) in [7, 11) is 0. The smallest absolute Gasteiger partial charge is 0.335 e. The number of halogens is 2. The van der Waals surface area contributed by atoms with Gasteiger partial charge in [0.15, 0.2) is 18.1 Å². The van der Waals surface area contributed by atoms with Crippen molar-refractivity contribution >= 4 is 63.8 Å². The van der Waals surface area contributed by atoms with Crippen LogP contribution in [0.1, 0.15) is 19.4 Å². The van der Waals surface area contributed by atoms with Crippen molar-refractivity contribution in [2.75, 3.05) is 30.0 Å². The summed E-state index contributed by atoms with van der Waals surface area (Å²) < 4.78 is 30.5. The molecule has 0 aliphatic carbocycles. The number of rotatable bonds is 10. The quantitative estimate of drug-likeness (QED) is 0.178. The van der Waals surface area contributed by atoms with Crippen LogP contribution in [0, 0.1) is 9.39 Å². The van der Waals surface area contributed by atoms with Gasteiger partial charge in [-0.3, -0.25) is 19.7 Å². The Morgan fingerprint density at radius 2 is 1.66 bits per heavy atom. The SMILES string of the molecule is CCOc1ccc(N2C(=O)NC(=O)/C(=C\c3cc(I)c(OCC(=O)Nc4ccc(F)cc4)c(OCC)c3)C2=O)cc1. The van der Waals surface area contributed by atoms with Gasteiger partial charge < -0.3 is 19.5 Å². The number of carbonyl (C=O) groups is 4. The molecule has 5 amide bonds. The molecular weight excluding hydrogens is 648 g/mol. The van der Waals surface area contributed by atoms with Crippen LogP contribution in [0.15, 0.2) is 66.2 Å². The summed E-state index contributed by atoms with van der Waals surface area (Å²) in [5, 5.41) is 4.81. The molecule has 0 bridgehead atoms. The van der Waals surface area contributed by atoms with Crippen molar-refractivity contribution in [2.45, 2.75) is 13.8 Å². The zero-order valence-corrected chi connectivity index (χ0v) is 24.2. The van der Waals surface area contributed by atoms with Crippen LogP contribution in [0.3, 0.4) is 0 Å². The number of nitrogens with one attached hydrogen (secondary N) is 2. The molecule has 1 fully saturated rings. The van der Waals surface area contributed by atoms with Crippen LogP contribution < -0.4 is 29.7 Å². The Labute approximate surface area is 248 Å². The lowest BCUT2D eigenvalue weighted by Crippen LogP contribution is -2.54. The fourth-order valence-electron chi connectivity index (χ4n) is 3.86. The average molecular weight is 673 g/mol. The molecule has 3 aromatic carbocycles. The zero-order chi connectivity index (χ0) is 29.5. The van der Waals surface area contributed by atoms with Gasteiger partial charge in [0.2, 0.25) is 0 Å².